The summed E-state index contributed by atoms with van der Waals surface area (Å²) in [6.07, 6.45) is 2.63. The molecule has 2 unspecified atom stereocenters. The average molecular weight is 382 g/mol. The molecule has 8 heteroatoms. The monoisotopic (exact) mass is 381 g/mol. The van der Waals surface area contributed by atoms with Gasteiger partial charge in [0.2, 0.25) is 10.0 Å². The first-order valence-electron chi connectivity index (χ1n) is 8.15. The van der Waals surface area contributed by atoms with Gasteiger partial charge in [0.1, 0.15) is 16.7 Å². The first kappa shape index (κ1) is 21.5. The van der Waals surface area contributed by atoms with Crippen LogP contribution in [0.1, 0.15) is 50.7 Å². The van der Waals surface area contributed by atoms with Crippen LogP contribution in [0.4, 0.5) is 0 Å². The summed E-state index contributed by atoms with van der Waals surface area (Å²) in [5, 5.41) is 27.8. The molecule has 0 aliphatic rings. The molecule has 0 spiro atoms. The van der Waals surface area contributed by atoms with Crippen molar-refractivity contribution in [2.75, 3.05) is 6.61 Å². The van der Waals surface area contributed by atoms with Crippen LogP contribution in [0.2, 0.25) is 0 Å². The third-order valence-corrected chi connectivity index (χ3v) is 7.58. The molecule has 2 atom stereocenters. The van der Waals surface area contributed by atoms with Crippen molar-refractivity contribution in [1.29, 1.82) is 10.5 Å². The zero-order chi connectivity index (χ0) is 18.9. The van der Waals surface area contributed by atoms with Crippen molar-refractivity contribution in [3.63, 3.8) is 0 Å². The van der Waals surface area contributed by atoms with Crippen LogP contribution < -0.4 is 4.72 Å². The van der Waals surface area contributed by atoms with E-state index in [1.54, 1.807) is 19.1 Å². The van der Waals surface area contributed by atoms with Crippen molar-refractivity contribution < 1.29 is 13.5 Å². The average Bonchev–Trinajstić information content (AvgIpc) is 2.62. The highest BCUT2D eigenvalue weighted by Crippen LogP contribution is 2.32. The molecule has 136 valence electrons. The number of rotatable bonds is 10. The first-order chi connectivity index (χ1) is 11.9. The van der Waals surface area contributed by atoms with Gasteiger partial charge in [-0.15, -0.1) is 11.8 Å². The van der Waals surface area contributed by atoms with Gasteiger partial charge in [-0.05, 0) is 25.0 Å². The van der Waals surface area contributed by atoms with Gasteiger partial charge in [-0.2, -0.15) is 10.5 Å². The molecule has 0 heterocycles. The second-order valence-corrected chi connectivity index (χ2v) is 8.98. The normalized spacial score (nSPS) is 13.6. The number of benzene rings is 1. The summed E-state index contributed by atoms with van der Waals surface area (Å²) in [7, 11) is -3.70. The summed E-state index contributed by atoms with van der Waals surface area (Å²) < 4.78 is 27.1. The van der Waals surface area contributed by atoms with E-state index in [1.165, 1.54) is 6.07 Å². The number of hydrogen-bond donors (Lipinski definition) is 2. The van der Waals surface area contributed by atoms with Gasteiger partial charge in [-0.3, -0.25) is 0 Å². The lowest BCUT2D eigenvalue weighted by Gasteiger charge is -2.21. The van der Waals surface area contributed by atoms with Crippen LogP contribution in [0.3, 0.4) is 0 Å². The number of unbranched alkanes of at least 4 members (excludes halogenated alkanes) is 1. The number of thioether (sulfide) groups is 1. The Bertz CT molecular complexity index is 751. The number of aliphatic hydroxyl groups is 1. The van der Waals surface area contributed by atoms with Gasteiger partial charge in [0, 0.05) is 10.9 Å². The lowest BCUT2D eigenvalue weighted by atomic mass is 10.1. The minimum Gasteiger partial charge on any atom is -0.395 e. The topological polar surface area (TPSA) is 114 Å². The second kappa shape index (κ2) is 10.4. The van der Waals surface area contributed by atoms with E-state index in [1.807, 2.05) is 19.1 Å². The van der Waals surface area contributed by atoms with Gasteiger partial charge in [-0.25, -0.2) is 13.1 Å². The SMILES string of the molecule is CCCCC(CO)NS(=O)(=O)C(CC)Sc1cccc(C#N)c1C#N. The van der Waals surface area contributed by atoms with E-state index in [4.69, 9.17) is 5.26 Å². The van der Waals surface area contributed by atoms with Gasteiger partial charge in [0.15, 0.2) is 0 Å². The lowest BCUT2D eigenvalue weighted by Crippen LogP contribution is -2.41. The van der Waals surface area contributed by atoms with E-state index in [0.717, 1.165) is 24.6 Å². The van der Waals surface area contributed by atoms with Gasteiger partial charge in [0.05, 0.1) is 17.7 Å². The number of nitrogens with zero attached hydrogens (tertiary/aromatic N) is 2. The molecular formula is C17H23N3O3S2. The summed E-state index contributed by atoms with van der Waals surface area (Å²) >= 11 is 1.05. The van der Waals surface area contributed by atoms with Crippen LogP contribution in [-0.4, -0.2) is 30.8 Å². The molecule has 0 saturated carbocycles. The highest BCUT2D eigenvalue weighted by atomic mass is 32.3. The molecule has 1 rings (SSSR count). The largest absolute Gasteiger partial charge is 0.395 e. The first-order valence-corrected chi connectivity index (χ1v) is 10.6. The maximum absolute atomic E-state index is 12.7. The van der Waals surface area contributed by atoms with Crippen LogP contribution in [0, 0.1) is 22.7 Å². The van der Waals surface area contributed by atoms with Gasteiger partial charge < -0.3 is 5.11 Å². The van der Waals surface area contributed by atoms with Crippen molar-refractivity contribution in [3.8, 4) is 12.1 Å². The maximum atomic E-state index is 12.7. The minimum atomic E-state index is -3.70. The minimum absolute atomic E-state index is 0.188. The molecular weight excluding hydrogens is 358 g/mol. The zero-order valence-electron chi connectivity index (χ0n) is 14.4. The fraction of sp³-hybridized carbons (Fsp3) is 0.529. The zero-order valence-corrected chi connectivity index (χ0v) is 16.0. The number of nitrogens with one attached hydrogen (secondary N) is 1. The summed E-state index contributed by atoms with van der Waals surface area (Å²) in [4.78, 5) is 0.466. The molecule has 0 radical (unpaired) electrons. The second-order valence-electron chi connectivity index (χ2n) is 5.54. The molecule has 6 nitrogen and oxygen atoms in total. The standard InChI is InChI=1S/C17H23N3O3S2/c1-3-5-8-14(12-21)20-25(22,23)17(4-2)24-16-9-6-7-13(10-18)15(16)11-19/h6-7,9,14,17,20-21H,3-5,8,12H2,1-2H3. The smallest absolute Gasteiger partial charge is 0.224 e. The molecule has 2 N–H and O–H groups in total. The quantitative estimate of drug-likeness (QED) is 0.602. The molecule has 0 aliphatic heterocycles. The van der Waals surface area contributed by atoms with Gasteiger partial charge in [-0.1, -0.05) is 32.8 Å². The number of hydrogen-bond acceptors (Lipinski definition) is 6. The van der Waals surface area contributed by atoms with Gasteiger partial charge >= 0.3 is 0 Å². The summed E-state index contributed by atoms with van der Waals surface area (Å²) in [5.41, 5.74) is 0.414. The Morgan fingerprint density at radius 2 is 2.00 bits per heavy atom. The van der Waals surface area contributed by atoms with Crippen molar-refractivity contribution in [3.05, 3.63) is 29.3 Å². The van der Waals surface area contributed by atoms with Crippen LogP contribution in [0.25, 0.3) is 0 Å². The summed E-state index contributed by atoms with van der Waals surface area (Å²) in [6.45, 7) is 3.49. The fourth-order valence-corrected chi connectivity index (χ4v) is 5.40. The molecule has 0 fully saturated rings. The van der Waals surface area contributed by atoms with Crippen LogP contribution in [0.15, 0.2) is 23.1 Å². The van der Waals surface area contributed by atoms with E-state index in [-0.39, 0.29) is 17.7 Å². The Balaban J connectivity index is 3.03. The van der Waals surface area contributed by atoms with Crippen molar-refractivity contribution in [2.45, 2.75) is 55.1 Å². The molecule has 0 amide bonds. The van der Waals surface area contributed by atoms with Crippen LogP contribution >= 0.6 is 11.8 Å². The molecule has 0 bridgehead atoms. The molecule has 0 saturated heterocycles. The lowest BCUT2D eigenvalue weighted by molar-refractivity contribution is 0.248. The Hall–Kier alpha value is -1.58. The van der Waals surface area contributed by atoms with Crippen molar-refractivity contribution >= 4 is 21.8 Å². The van der Waals surface area contributed by atoms with E-state index >= 15 is 0 Å². The van der Waals surface area contributed by atoms with E-state index < -0.39 is 20.6 Å². The number of nitriles is 2. The fourth-order valence-electron chi connectivity index (χ4n) is 2.29. The highest BCUT2D eigenvalue weighted by molar-refractivity contribution is 8.12. The van der Waals surface area contributed by atoms with Crippen LogP contribution in [0.5, 0.6) is 0 Å². The summed E-state index contributed by atoms with van der Waals surface area (Å²) in [6, 6.07) is 8.21. The Morgan fingerprint density at radius 1 is 1.28 bits per heavy atom. The highest BCUT2D eigenvalue weighted by Gasteiger charge is 2.28. The van der Waals surface area contributed by atoms with E-state index in [2.05, 4.69) is 4.72 Å². The Kier molecular flexibility index (Phi) is 8.95. The van der Waals surface area contributed by atoms with Crippen molar-refractivity contribution in [2.24, 2.45) is 0 Å². The molecule has 1 aromatic rings. The number of sulfonamides is 1. The molecule has 1 aromatic carbocycles. The number of aliphatic hydroxyl groups excluding tert-OH is 1. The predicted molar refractivity (Wildman–Crippen MR) is 98.3 cm³/mol. The Morgan fingerprint density at radius 3 is 2.52 bits per heavy atom. The molecule has 25 heavy (non-hydrogen) atoms. The third-order valence-electron chi connectivity index (χ3n) is 3.65. The Labute approximate surface area is 153 Å². The van der Waals surface area contributed by atoms with Crippen LogP contribution in [-0.2, 0) is 10.0 Å². The van der Waals surface area contributed by atoms with E-state index in [9.17, 15) is 18.8 Å². The third kappa shape index (κ3) is 6.02. The molecule has 0 aliphatic carbocycles. The summed E-state index contributed by atoms with van der Waals surface area (Å²) in [5.74, 6) is 0. The van der Waals surface area contributed by atoms with Crippen molar-refractivity contribution in [1.82, 2.24) is 4.72 Å². The maximum Gasteiger partial charge on any atom is 0.224 e. The molecule has 0 aromatic heterocycles. The van der Waals surface area contributed by atoms with Gasteiger partial charge in [0.25, 0.3) is 0 Å². The van der Waals surface area contributed by atoms with E-state index in [0.29, 0.717) is 17.7 Å². The predicted octanol–water partition coefficient (Wildman–Crippen LogP) is 2.73.